The van der Waals surface area contributed by atoms with Crippen molar-refractivity contribution in [1.29, 1.82) is 0 Å². The molecule has 3 saturated carbocycles. The molecule has 1 amide bonds. The minimum atomic E-state index is -0.292. The summed E-state index contributed by atoms with van der Waals surface area (Å²) in [4.78, 5) is 14.9. The van der Waals surface area contributed by atoms with Gasteiger partial charge in [0.1, 0.15) is 5.82 Å². The van der Waals surface area contributed by atoms with Crippen LogP contribution in [0.3, 0.4) is 0 Å². The molecule has 34 heavy (non-hydrogen) atoms. The fourth-order valence-corrected chi connectivity index (χ4v) is 8.94. The lowest BCUT2D eigenvalue weighted by atomic mass is 9.45. The number of benzene rings is 1. The molecule has 2 N–H and O–H groups in total. The number of halogens is 1. The summed E-state index contributed by atoms with van der Waals surface area (Å²) in [5.41, 5.74) is 1.34. The highest BCUT2D eigenvalue weighted by Gasteiger charge is 2.62. The Kier molecular flexibility index (Phi) is 6.56. The summed E-state index contributed by atoms with van der Waals surface area (Å²) in [6, 6.07) is 5.97. The molecule has 1 heterocycles. The van der Waals surface area contributed by atoms with Crippen molar-refractivity contribution in [2.24, 2.45) is 40.4 Å². The Morgan fingerprint density at radius 3 is 2.62 bits per heavy atom. The second-order valence-electron chi connectivity index (χ2n) is 12.6. The Hall–Kier alpha value is -1.46. The van der Waals surface area contributed by atoms with Crippen molar-refractivity contribution in [3.63, 3.8) is 0 Å². The zero-order chi connectivity index (χ0) is 24.1. The van der Waals surface area contributed by atoms with Crippen molar-refractivity contribution >= 4 is 11.6 Å². The van der Waals surface area contributed by atoms with E-state index in [0.29, 0.717) is 52.5 Å². The molecule has 188 valence electrons. The Balaban J connectivity index is 1.20. The van der Waals surface area contributed by atoms with Crippen molar-refractivity contribution in [3.05, 3.63) is 30.1 Å². The van der Waals surface area contributed by atoms with E-state index in [1.54, 1.807) is 12.1 Å². The van der Waals surface area contributed by atoms with Crippen LogP contribution in [0.25, 0.3) is 0 Å². The van der Waals surface area contributed by atoms with Gasteiger partial charge in [0.25, 0.3) is 0 Å². The van der Waals surface area contributed by atoms with E-state index in [2.05, 4.69) is 31.1 Å². The summed E-state index contributed by atoms with van der Waals surface area (Å²) in [5.74, 6) is 2.73. The number of amides is 1. The summed E-state index contributed by atoms with van der Waals surface area (Å²) in [6.07, 6.45) is 9.59. The topological polar surface area (TPSA) is 52.6 Å². The Bertz CT molecular complexity index is 891. The minimum Gasteiger partial charge on any atom is -0.393 e. The van der Waals surface area contributed by atoms with Crippen molar-refractivity contribution in [3.8, 4) is 0 Å². The first-order chi connectivity index (χ1) is 16.2. The van der Waals surface area contributed by atoms with Crippen molar-refractivity contribution < 1.29 is 14.3 Å². The molecule has 4 aliphatic rings. The van der Waals surface area contributed by atoms with Crippen LogP contribution in [-0.4, -0.2) is 42.2 Å². The molecule has 4 nitrogen and oxygen atoms in total. The molecule has 0 bridgehead atoms. The highest BCUT2D eigenvalue weighted by atomic mass is 19.1. The van der Waals surface area contributed by atoms with Crippen LogP contribution in [0.1, 0.15) is 71.6 Å². The molecule has 0 aromatic heterocycles. The number of anilines is 1. The van der Waals surface area contributed by atoms with Crippen molar-refractivity contribution in [2.75, 3.05) is 25.5 Å². The van der Waals surface area contributed by atoms with Gasteiger partial charge in [-0.25, -0.2) is 4.39 Å². The van der Waals surface area contributed by atoms with Gasteiger partial charge in [0.05, 0.1) is 6.10 Å². The van der Waals surface area contributed by atoms with Crippen LogP contribution >= 0.6 is 0 Å². The molecule has 3 aliphatic carbocycles. The minimum absolute atomic E-state index is 0.0129. The lowest BCUT2D eigenvalue weighted by Gasteiger charge is -2.62. The number of aliphatic hydroxyl groups is 1. The average molecular weight is 471 g/mol. The van der Waals surface area contributed by atoms with Crippen LogP contribution in [0.4, 0.5) is 10.1 Å². The fourth-order valence-electron chi connectivity index (χ4n) is 8.94. The van der Waals surface area contributed by atoms with Crippen LogP contribution in [0, 0.1) is 46.2 Å². The standard InChI is InChI=1S/C29H43FN2O2/c1-28-14-13-24-27(25(33)17-20-18-32(3)16-15-29(20,24)2)23(28)12-7-19(28)5-4-6-26(34)31-22-10-8-21(30)9-11-22/h8-11,19-20,23-25,27,33H,4-7,12-18H2,1-3H3,(H,31,34). The van der Waals surface area contributed by atoms with Crippen molar-refractivity contribution in [2.45, 2.75) is 77.7 Å². The monoisotopic (exact) mass is 470 g/mol. The van der Waals surface area contributed by atoms with Gasteiger partial charge in [-0.1, -0.05) is 13.8 Å². The number of hydrogen-bond acceptors (Lipinski definition) is 3. The maximum atomic E-state index is 13.1. The van der Waals surface area contributed by atoms with E-state index in [9.17, 15) is 14.3 Å². The van der Waals surface area contributed by atoms with Crippen LogP contribution < -0.4 is 5.32 Å². The van der Waals surface area contributed by atoms with E-state index < -0.39 is 0 Å². The van der Waals surface area contributed by atoms with Crippen molar-refractivity contribution in [1.82, 2.24) is 4.90 Å². The average Bonchev–Trinajstić information content (AvgIpc) is 3.13. The van der Waals surface area contributed by atoms with Gasteiger partial charge in [0.15, 0.2) is 0 Å². The van der Waals surface area contributed by atoms with Gasteiger partial charge in [-0.15, -0.1) is 0 Å². The van der Waals surface area contributed by atoms with Gasteiger partial charge in [0, 0.05) is 18.7 Å². The molecule has 5 rings (SSSR count). The van der Waals surface area contributed by atoms with E-state index in [4.69, 9.17) is 0 Å². The zero-order valence-electron chi connectivity index (χ0n) is 21.2. The van der Waals surface area contributed by atoms with Crippen LogP contribution in [-0.2, 0) is 4.79 Å². The molecule has 1 saturated heterocycles. The molecule has 0 spiro atoms. The predicted molar refractivity (Wildman–Crippen MR) is 134 cm³/mol. The van der Waals surface area contributed by atoms with Gasteiger partial charge in [-0.05, 0) is 130 Å². The van der Waals surface area contributed by atoms with Crippen LogP contribution in [0.15, 0.2) is 24.3 Å². The lowest BCUT2D eigenvalue weighted by molar-refractivity contribution is -0.168. The van der Waals surface area contributed by atoms with Gasteiger partial charge in [-0.3, -0.25) is 4.79 Å². The number of nitrogens with zero attached hydrogens (tertiary/aromatic N) is 1. The van der Waals surface area contributed by atoms with E-state index in [0.717, 1.165) is 25.8 Å². The molecule has 1 aromatic rings. The molecule has 5 heteroatoms. The van der Waals surface area contributed by atoms with Gasteiger partial charge in [-0.2, -0.15) is 0 Å². The molecule has 1 aromatic carbocycles. The third kappa shape index (κ3) is 4.21. The first kappa shape index (κ1) is 24.2. The van der Waals surface area contributed by atoms with Gasteiger partial charge < -0.3 is 15.3 Å². The third-order valence-electron chi connectivity index (χ3n) is 10.9. The summed E-state index contributed by atoms with van der Waals surface area (Å²) in [6.45, 7) is 7.38. The zero-order valence-corrected chi connectivity index (χ0v) is 21.2. The second-order valence-corrected chi connectivity index (χ2v) is 12.6. The number of carbonyl (C=O) groups is 1. The maximum absolute atomic E-state index is 13.1. The number of carbonyl (C=O) groups excluding carboxylic acids is 1. The second kappa shape index (κ2) is 9.20. The SMILES string of the molecule is CN1CCC2(C)C(CC(O)C3C4CCC(CCCC(=O)Nc5ccc(F)cc5)C4(C)CCC32)C1. The largest absolute Gasteiger partial charge is 0.393 e. The number of aliphatic hydroxyl groups excluding tert-OH is 1. The molecular weight excluding hydrogens is 427 g/mol. The fraction of sp³-hybridized carbons (Fsp3) is 0.759. The molecule has 0 radical (unpaired) electrons. The molecular formula is C29H43FN2O2. The highest BCUT2D eigenvalue weighted by molar-refractivity contribution is 5.90. The molecule has 8 unspecified atom stereocenters. The molecule has 1 aliphatic heterocycles. The van der Waals surface area contributed by atoms with Gasteiger partial charge in [0.2, 0.25) is 5.91 Å². The number of piperidine rings is 1. The Morgan fingerprint density at radius 1 is 1.12 bits per heavy atom. The molecule has 8 atom stereocenters. The lowest BCUT2D eigenvalue weighted by Crippen LogP contribution is -2.60. The number of likely N-dealkylation sites (tertiary alicyclic amines) is 1. The van der Waals surface area contributed by atoms with E-state index in [1.807, 2.05) is 0 Å². The quantitative estimate of drug-likeness (QED) is 0.579. The van der Waals surface area contributed by atoms with Crippen LogP contribution in [0.5, 0.6) is 0 Å². The maximum Gasteiger partial charge on any atom is 0.224 e. The number of nitrogens with one attached hydrogen (secondary N) is 1. The van der Waals surface area contributed by atoms with E-state index >= 15 is 0 Å². The highest BCUT2D eigenvalue weighted by Crippen LogP contribution is 2.67. The number of fused-ring (bicyclic) bond motifs is 5. The summed E-state index contributed by atoms with van der Waals surface area (Å²) >= 11 is 0. The summed E-state index contributed by atoms with van der Waals surface area (Å²) in [7, 11) is 2.23. The summed E-state index contributed by atoms with van der Waals surface area (Å²) in [5, 5.41) is 14.3. The smallest absolute Gasteiger partial charge is 0.224 e. The normalized spacial score (nSPS) is 41.9. The third-order valence-corrected chi connectivity index (χ3v) is 10.9. The predicted octanol–water partition coefficient (Wildman–Crippen LogP) is 5.72. The summed E-state index contributed by atoms with van der Waals surface area (Å²) < 4.78 is 13.1. The van der Waals surface area contributed by atoms with E-state index in [-0.39, 0.29) is 17.8 Å². The van der Waals surface area contributed by atoms with Gasteiger partial charge >= 0.3 is 0 Å². The first-order valence-electron chi connectivity index (χ1n) is 13.6. The van der Waals surface area contributed by atoms with E-state index in [1.165, 1.54) is 50.8 Å². The number of rotatable bonds is 5. The Morgan fingerprint density at radius 2 is 1.85 bits per heavy atom. The Labute approximate surface area is 204 Å². The number of hydrogen-bond donors (Lipinski definition) is 2. The van der Waals surface area contributed by atoms with Crippen LogP contribution in [0.2, 0.25) is 0 Å². The molecule has 4 fully saturated rings. The first-order valence-corrected chi connectivity index (χ1v) is 13.6.